The SMILES string of the molecule is CN(C)c1ccc(C(NN)c2cnn(C)c2)cc1. The van der Waals surface area contributed by atoms with Crippen LogP contribution in [0.25, 0.3) is 0 Å². The molecule has 96 valence electrons. The molecule has 1 heterocycles. The molecule has 1 aromatic heterocycles. The molecule has 0 saturated heterocycles. The van der Waals surface area contributed by atoms with E-state index in [1.54, 1.807) is 4.68 Å². The second kappa shape index (κ2) is 5.20. The second-order valence-electron chi connectivity index (χ2n) is 4.53. The van der Waals surface area contributed by atoms with E-state index in [9.17, 15) is 0 Å². The number of nitrogens with two attached hydrogens (primary N) is 1. The first-order valence-corrected chi connectivity index (χ1v) is 5.84. The van der Waals surface area contributed by atoms with Crippen LogP contribution < -0.4 is 16.2 Å². The van der Waals surface area contributed by atoms with E-state index in [0.29, 0.717) is 0 Å². The molecule has 1 unspecified atom stereocenters. The lowest BCUT2D eigenvalue weighted by atomic mass is 10.0. The van der Waals surface area contributed by atoms with Gasteiger partial charge in [0, 0.05) is 38.6 Å². The highest BCUT2D eigenvalue weighted by atomic mass is 15.3. The van der Waals surface area contributed by atoms with Crippen LogP contribution in [-0.2, 0) is 7.05 Å². The normalized spacial score (nSPS) is 12.4. The van der Waals surface area contributed by atoms with E-state index in [-0.39, 0.29) is 6.04 Å². The standard InChI is InChI=1S/C13H19N5/c1-17(2)12-6-4-10(5-7-12)13(16-14)11-8-15-18(3)9-11/h4-9,13,16H,14H2,1-3H3. The molecular formula is C13H19N5. The molecule has 5 heteroatoms. The number of hydrogen-bond donors (Lipinski definition) is 2. The largest absolute Gasteiger partial charge is 0.378 e. The summed E-state index contributed by atoms with van der Waals surface area (Å²) in [6.45, 7) is 0. The summed E-state index contributed by atoms with van der Waals surface area (Å²) in [7, 11) is 5.94. The summed E-state index contributed by atoms with van der Waals surface area (Å²) in [4.78, 5) is 2.07. The van der Waals surface area contributed by atoms with Crippen LogP contribution in [0, 0.1) is 0 Å². The summed E-state index contributed by atoms with van der Waals surface area (Å²) in [6.07, 6.45) is 3.79. The zero-order valence-electron chi connectivity index (χ0n) is 11.0. The molecular weight excluding hydrogens is 226 g/mol. The molecule has 0 aliphatic rings. The highest BCUT2D eigenvalue weighted by molar-refractivity contribution is 5.47. The molecule has 0 aliphatic heterocycles. The fraction of sp³-hybridized carbons (Fsp3) is 0.308. The van der Waals surface area contributed by atoms with Crippen molar-refractivity contribution in [2.24, 2.45) is 12.9 Å². The van der Waals surface area contributed by atoms with Gasteiger partial charge < -0.3 is 4.90 Å². The van der Waals surface area contributed by atoms with Crippen molar-refractivity contribution in [1.82, 2.24) is 15.2 Å². The minimum absolute atomic E-state index is 0.0325. The summed E-state index contributed by atoms with van der Waals surface area (Å²) >= 11 is 0. The molecule has 2 aromatic rings. The molecule has 0 fully saturated rings. The number of benzene rings is 1. The quantitative estimate of drug-likeness (QED) is 0.624. The molecule has 1 aromatic carbocycles. The van der Waals surface area contributed by atoms with Crippen LogP contribution in [0.3, 0.4) is 0 Å². The minimum atomic E-state index is -0.0325. The Morgan fingerprint density at radius 2 is 1.89 bits per heavy atom. The van der Waals surface area contributed by atoms with Crippen LogP contribution in [-0.4, -0.2) is 23.9 Å². The molecule has 2 rings (SSSR count). The molecule has 0 spiro atoms. The number of rotatable bonds is 4. The van der Waals surface area contributed by atoms with Gasteiger partial charge in [-0.2, -0.15) is 5.10 Å². The highest BCUT2D eigenvalue weighted by Crippen LogP contribution is 2.22. The van der Waals surface area contributed by atoms with Gasteiger partial charge in [-0.15, -0.1) is 0 Å². The predicted octanol–water partition coefficient (Wildman–Crippen LogP) is 1.04. The topological polar surface area (TPSA) is 59.1 Å². The van der Waals surface area contributed by atoms with E-state index in [4.69, 9.17) is 5.84 Å². The predicted molar refractivity (Wildman–Crippen MR) is 73.1 cm³/mol. The van der Waals surface area contributed by atoms with Crippen molar-refractivity contribution < 1.29 is 0 Å². The van der Waals surface area contributed by atoms with Gasteiger partial charge in [-0.3, -0.25) is 10.5 Å². The van der Waals surface area contributed by atoms with Crippen molar-refractivity contribution in [3.8, 4) is 0 Å². The number of hydrazine groups is 1. The third kappa shape index (κ3) is 2.52. The van der Waals surface area contributed by atoms with Gasteiger partial charge in [-0.1, -0.05) is 12.1 Å². The molecule has 0 saturated carbocycles. The maximum atomic E-state index is 5.65. The zero-order valence-corrected chi connectivity index (χ0v) is 11.0. The maximum Gasteiger partial charge on any atom is 0.0740 e. The Balaban J connectivity index is 2.28. The van der Waals surface area contributed by atoms with Gasteiger partial charge in [0.1, 0.15) is 0 Å². The van der Waals surface area contributed by atoms with Gasteiger partial charge >= 0.3 is 0 Å². The first kappa shape index (κ1) is 12.6. The second-order valence-corrected chi connectivity index (χ2v) is 4.53. The van der Waals surface area contributed by atoms with Gasteiger partial charge in [0.25, 0.3) is 0 Å². The summed E-state index contributed by atoms with van der Waals surface area (Å²) in [5, 5.41) is 4.17. The first-order valence-electron chi connectivity index (χ1n) is 5.84. The smallest absolute Gasteiger partial charge is 0.0740 e. The fourth-order valence-electron chi connectivity index (χ4n) is 1.94. The van der Waals surface area contributed by atoms with Crippen molar-refractivity contribution in [3.63, 3.8) is 0 Å². The van der Waals surface area contributed by atoms with Gasteiger partial charge in [-0.05, 0) is 17.7 Å². The summed E-state index contributed by atoms with van der Waals surface area (Å²) < 4.78 is 1.77. The van der Waals surface area contributed by atoms with Crippen LogP contribution >= 0.6 is 0 Å². The Labute approximate surface area is 107 Å². The van der Waals surface area contributed by atoms with Gasteiger partial charge in [0.05, 0.1) is 12.2 Å². The van der Waals surface area contributed by atoms with Gasteiger partial charge in [-0.25, -0.2) is 5.43 Å². The number of hydrogen-bond acceptors (Lipinski definition) is 4. The molecule has 0 amide bonds. The van der Waals surface area contributed by atoms with Crippen molar-refractivity contribution in [2.45, 2.75) is 6.04 Å². The van der Waals surface area contributed by atoms with Crippen molar-refractivity contribution in [3.05, 3.63) is 47.8 Å². The molecule has 0 radical (unpaired) electrons. The van der Waals surface area contributed by atoms with E-state index in [1.165, 1.54) is 5.69 Å². The van der Waals surface area contributed by atoms with Crippen molar-refractivity contribution in [2.75, 3.05) is 19.0 Å². The molecule has 0 bridgehead atoms. The molecule has 1 atom stereocenters. The lowest BCUT2D eigenvalue weighted by Crippen LogP contribution is -2.28. The molecule has 0 aliphatic carbocycles. The Morgan fingerprint density at radius 3 is 2.33 bits per heavy atom. The lowest BCUT2D eigenvalue weighted by molar-refractivity contribution is 0.636. The van der Waals surface area contributed by atoms with Crippen LogP contribution in [0.1, 0.15) is 17.2 Å². The number of aromatic nitrogens is 2. The molecule has 18 heavy (non-hydrogen) atoms. The Kier molecular flexibility index (Phi) is 3.64. The van der Waals surface area contributed by atoms with E-state index < -0.39 is 0 Å². The fourth-order valence-corrected chi connectivity index (χ4v) is 1.94. The Morgan fingerprint density at radius 1 is 1.22 bits per heavy atom. The summed E-state index contributed by atoms with van der Waals surface area (Å²) in [6, 6.07) is 8.28. The summed E-state index contributed by atoms with van der Waals surface area (Å²) in [5.74, 6) is 5.65. The number of aryl methyl sites for hydroxylation is 1. The first-order chi connectivity index (χ1) is 8.61. The van der Waals surface area contributed by atoms with E-state index >= 15 is 0 Å². The zero-order chi connectivity index (χ0) is 13.1. The third-order valence-corrected chi connectivity index (χ3v) is 2.97. The lowest BCUT2D eigenvalue weighted by Gasteiger charge is -2.17. The monoisotopic (exact) mass is 245 g/mol. The molecule has 3 N–H and O–H groups in total. The van der Waals surface area contributed by atoms with Crippen molar-refractivity contribution in [1.29, 1.82) is 0 Å². The summed E-state index contributed by atoms with van der Waals surface area (Å²) in [5.41, 5.74) is 6.17. The van der Waals surface area contributed by atoms with Crippen LogP contribution in [0.5, 0.6) is 0 Å². The van der Waals surface area contributed by atoms with Crippen molar-refractivity contribution >= 4 is 5.69 Å². The number of anilines is 1. The van der Waals surface area contributed by atoms with Gasteiger partial charge in [0.15, 0.2) is 0 Å². The Bertz CT molecular complexity index is 500. The third-order valence-electron chi connectivity index (χ3n) is 2.97. The maximum absolute atomic E-state index is 5.65. The minimum Gasteiger partial charge on any atom is -0.378 e. The highest BCUT2D eigenvalue weighted by Gasteiger charge is 2.13. The average Bonchev–Trinajstić information content (AvgIpc) is 2.77. The van der Waals surface area contributed by atoms with Gasteiger partial charge in [0.2, 0.25) is 0 Å². The number of nitrogens with one attached hydrogen (secondary N) is 1. The Hall–Kier alpha value is -1.85. The van der Waals surface area contributed by atoms with Crippen LogP contribution in [0.15, 0.2) is 36.7 Å². The van der Waals surface area contributed by atoms with E-state index in [2.05, 4.69) is 39.7 Å². The van der Waals surface area contributed by atoms with E-state index in [1.807, 2.05) is 33.5 Å². The average molecular weight is 245 g/mol. The van der Waals surface area contributed by atoms with Crippen LogP contribution in [0.2, 0.25) is 0 Å². The number of nitrogens with zero attached hydrogens (tertiary/aromatic N) is 3. The van der Waals surface area contributed by atoms with Crippen LogP contribution in [0.4, 0.5) is 5.69 Å². The molecule has 5 nitrogen and oxygen atoms in total. The van der Waals surface area contributed by atoms with E-state index in [0.717, 1.165) is 11.1 Å².